The molecule has 158 valence electrons. The maximum absolute atomic E-state index is 13.5. The first kappa shape index (κ1) is 20.2. The van der Waals surface area contributed by atoms with Gasteiger partial charge in [-0.2, -0.15) is 0 Å². The summed E-state index contributed by atoms with van der Waals surface area (Å²) in [5.74, 6) is -3.98. The van der Waals surface area contributed by atoms with Crippen molar-refractivity contribution < 1.29 is 18.7 Å². The minimum absolute atomic E-state index is 0.122. The van der Waals surface area contributed by atoms with Crippen molar-refractivity contribution in [1.29, 1.82) is 0 Å². The van der Waals surface area contributed by atoms with Crippen molar-refractivity contribution in [3.63, 3.8) is 0 Å². The van der Waals surface area contributed by atoms with Crippen LogP contribution in [0.2, 0.25) is 0 Å². The zero-order chi connectivity index (χ0) is 21.1. The van der Waals surface area contributed by atoms with Crippen molar-refractivity contribution in [2.75, 3.05) is 13.1 Å². The first-order chi connectivity index (χ1) is 13.7. The van der Waals surface area contributed by atoms with Crippen molar-refractivity contribution in [3.05, 3.63) is 31.3 Å². The number of carbonyl (C=O) groups excluding carboxylic acids is 1. The van der Waals surface area contributed by atoms with Gasteiger partial charge in [-0.3, -0.25) is 18.7 Å². The quantitative estimate of drug-likeness (QED) is 0.807. The number of piperidine rings is 1. The fourth-order valence-electron chi connectivity index (χ4n) is 3.94. The number of hydrogen-bond donors (Lipinski definition) is 1. The number of rotatable bonds is 4. The largest absolute Gasteiger partial charge is 0.393 e. The first-order valence-electron chi connectivity index (χ1n) is 9.77. The number of aromatic nitrogens is 2. The normalized spacial score (nSPS) is 21.7. The average molecular weight is 427 g/mol. The number of nitrogens with zero attached hydrogens (tertiary/aromatic N) is 3. The van der Waals surface area contributed by atoms with Crippen LogP contribution in [0.5, 0.6) is 0 Å². The molecule has 0 aromatic carbocycles. The number of aliphatic hydroxyl groups excluding tert-OH is 1. The highest BCUT2D eigenvalue weighted by Gasteiger charge is 2.57. The summed E-state index contributed by atoms with van der Waals surface area (Å²) in [4.78, 5) is 41.0. The Bertz CT molecular complexity index is 1100. The van der Waals surface area contributed by atoms with Gasteiger partial charge in [0, 0.05) is 38.5 Å². The Balaban J connectivity index is 1.83. The zero-order valence-electron chi connectivity index (χ0n) is 16.3. The standard InChI is InChI=1S/C19H23F2N3O4S/c1-3-23-15(26)13-10(2)14(16(27)22-6-4-12(25)5-7-22)29-17(13)24(18(23)28)9-11-8-19(11,20)21/h11-12,25H,3-9H2,1-2H3. The molecule has 3 heterocycles. The molecule has 0 radical (unpaired) electrons. The second kappa shape index (κ2) is 7.02. The van der Waals surface area contributed by atoms with Gasteiger partial charge in [0.15, 0.2) is 0 Å². The number of thiophene rings is 1. The molecule has 2 aromatic rings. The smallest absolute Gasteiger partial charge is 0.332 e. The molecule has 2 aromatic heterocycles. The average Bonchev–Trinajstić information content (AvgIpc) is 3.12. The maximum atomic E-state index is 13.5. The Hall–Kier alpha value is -2.07. The minimum Gasteiger partial charge on any atom is -0.393 e. The number of alkyl halides is 2. The fourth-order valence-corrected chi connectivity index (χ4v) is 5.21. The molecule has 0 spiro atoms. The van der Waals surface area contributed by atoms with Crippen molar-refractivity contribution in [1.82, 2.24) is 14.0 Å². The Kier molecular flexibility index (Phi) is 4.89. The molecule has 29 heavy (non-hydrogen) atoms. The van der Waals surface area contributed by atoms with Crippen LogP contribution in [0.25, 0.3) is 10.2 Å². The van der Waals surface area contributed by atoms with Gasteiger partial charge in [-0.1, -0.05) is 0 Å². The van der Waals surface area contributed by atoms with Crippen LogP contribution in [0, 0.1) is 12.8 Å². The number of aliphatic hydroxyl groups is 1. The molecule has 1 atom stereocenters. The van der Waals surface area contributed by atoms with Crippen LogP contribution < -0.4 is 11.2 Å². The lowest BCUT2D eigenvalue weighted by molar-refractivity contribution is 0.0550. The number of halogens is 2. The van der Waals surface area contributed by atoms with E-state index in [0.29, 0.717) is 36.4 Å². The second-order valence-electron chi connectivity index (χ2n) is 7.86. The lowest BCUT2D eigenvalue weighted by atomic mass is 10.1. The molecule has 0 bridgehead atoms. The summed E-state index contributed by atoms with van der Waals surface area (Å²) in [6, 6.07) is 0. The van der Waals surface area contributed by atoms with Gasteiger partial charge in [0.25, 0.3) is 17.4 Å². The molecule has 1 unspecified atom stereocenters. The van der Waals surface area contributed by atoms with Crippen LogP contribution in [-0.2, 0) is 13.1 Å². The van der Waals surface area contributed by atoms with E-state index in [0.717, 1.165) is 15.9 Å². The van der Waals surface area contributed by atoms with Crippen LogP contribution in [0.1, 0.15) is 41.4 Å². The van der Waals surface area contributed by atoms with Gasteiger partial charge in [0.05, 0.1) is 16.4 Å². The summed E-state index contributed by atoms with van der Waals surface area (Å²) in [6.07, 6.45) is 0.266. The van der Waals surface area contributed by atoms with Crippen molar-refractivity contribution >= 4 is 27.5 Å². The third-order valence-corrected chi connectivity index (χ3v) is 7.22. The third-order valence-electron chi connectivity index (χ3n) is 5.92. The van der Waals surface area contributed by atoms with Crippen molar-refractivity contribution in [2.45, 2.75) is 58.2 Å². The molecular formula is C19H23F2N3O4S. The van der Waals surface area contributed by atoms with Gasteiger partial charge in [-0.15, -0.1) is 11.3 Å². The SMILES string of the molecule is CCn1c(=O)c2c(C)c(C(=O)N3CCC(O)CC3)sc2n(CC2CC2(F)F)c1=O. The number of fused-ring (bicyclic) bond motifs is 1. The molecule has 4 rings (SSSR count). The number of hydrogen-bond acceptors (Lipinski definition) is 5. The van der Waals surface area contributed by atoms with Crippen LogP contribution >= 0.6 is 11.3 Å². The van der Waals surface area contributed by atoms with Crippen LogP contribution in [-0.4, -0.2) is 50.2 Å². The molecular weight excluding hydrogens is 404 g/mol. The third kappa shape index (κ3) is 3.31. The zero-order valence-corrected chi connectivity index (χ0v) is 17.1. The molecule has 1 aliphatic heterocycles. The second-order valence-corrected chi connectivity index (χ2v) is 8.86. The predicted molar refractivity (Wildman–Crippen MR) is 105 cm³/mol. The molecule has 7 nitrogen and oxygen atoms in total. The van der Waals surface area contributed by atoms with E-state index < -0.39 is 29.2 Å². The summed E-state index contributed by atoms with van der Waals surface area (Å²) in [7, 11) is 0. The topological polar surface area (TPSA) is 84.5 Å². The number of amides is 1. The van der Waals surface area contributed by atoms with E-state index in [9.17, 15) is 28.3 Å². The van der Waals surface area contributed by atoms with E-state index in [4.69, 9.17) is 0 Å². The summed E-state index contributed by atoms with van der Waals surface area (Å²) in [6.45, 7) is 4.08. The van der Waals surface area contributed by atoms with Crippen LogP contribution in [0.15, 0.2) is 9.59 Å². The molecule has 1 saturated heterocycles. The number of carbonyl (C=O) groups is 1. The van der Waals surface area contributed by atoms with Crippen LogP contribution in [0.3, 0.4) is 0 Å². The molecule has 10 heteroatoms. The Morgan fingerprint density at radius 1 is 1.24 bits per heavy atom. The Morgan fingerprint density at radius 2 is 1.86 bits per heavy atom. The van der Waals surface area contributed by atoms with Gasteiger partial charge < -0.3 is 10.0 Å². The van der Waals surface area contributed by atoms with Gasteiger partial charge in [-0.25, -0.2) is 13.6 Å². The molecule has 1 saturated carbocycles. The van der Waals surface area contributed by atoms with E-state index in [1.165, 1.54) is 4.57 Å². The van der Waals surface area contributed by atoms with Crippen molar-refractivity contribution in [3.8, 4) is 0 Å². The maximum Gasteiger partial charge on any atom is 0.332 e. The monoisotopic (exact) mass is 427 g/mol. The Labute approximate surface area is 169 Å². The highest BCUT2D eigenvalue weighted by atomic mass is 32.1. The first-order valence-corrected chi connectivity index (χ1v) is 10.6. The molecule has 1 N–H and O–H groups in total. The number of aryl methyl sites for hydroxylation is 1. The van der Waals surface area contributed by atoms with E-state index in [-0.39, 0.29) is 35.6 Å². The van der Waals surface area contributed by atoms with E-state index in [1.54, 1.807) is 18.7 Å². The van der Waals surface area contributed by atoms with Gasteiger partial charge >= 0.3 is 5.69 Å². The van der Waals surface area contributed by atoms with E-state index in [1.807, 2.05) is 0 Å². The van der Waals surface area contributed by atoms with Crippen molar-refractivity contribution in [2.24, 2.45) is 5.92 Å². The van der Waals surface area contributed by atoms with Gasteiger partial charge in [0.2, 0.25) is 0 Å². The molecule has 1 amide bonds. The minimum atomic E-state index is -2.79. The molecule has 2 fully saturated rings. The summed E-state index contributed by atoms with van der Waals surface area (Å²) in [5.41, 5.74) is -0.633. The highest BCUT2D eigenvalue weighted by Crippen LogP contribution is 2.49. The van der Waals surface area contributed by atoms with Crippen LogP contribution in [0.4, 0.5) is 8.78 Å². The lowest BCUT2D eigenvalue weighted by Gasteiger charge is -2.29. The summed E-state index contributed by atoms with van der Waals surface area (Å²) in [5, 5.41) is 9.91. The van der Waals surface area contributed by atoms with Gasteiger partial charge in [-0.05, 0) is 32.3 Å². The summed E-state index contributed by atoms with van der Waals surface area (Å²) < 4.78 is 29.3. The number of likely N-dealkylation sites (tertiary alicyclic amines) is 1. The fraction of sp³-hybridized carbons (Fsp3) is 0.632. The van der Waals surface area contributed by atoms with Gasteiger partial charge in [0.1, 0.15) is 4.83 Å². The predicted octanol–water partition coefficient (Wildman–Crippen LogP) is 1.81. The van der Waals surface area contributed by atoms with E-state index >= 15 is 0 Å². The molecule has 1 aliphatic carbocycles. The summed E-state index contributed by atoms with van der Waals surface area (Å²) >= 11 is 1.02. The van der Waals surface area contributed by atoms with E-state index in [2.05, 4.69) is 0 Å². The highest BCUT2D eigenvalue weighted by molar-refractivity contribution is 7.20. The lowest BCUT2D eigenvalue weighted by Crippen LogP contribution is -2.40. The molecule has 2 aliphatic rings. The Morgan fingerprint density at radius 3 is 2.41 bits per heavy atom.